The van der Waals surface area contributed by atoms with Gasteiger partial charge in [0.05, 0.1) is 48.1 Å². The van der Waals surface area contributed by atoms with E-state index in [1.807, 2.05) is 34.6 Å². The van der Waals surface area contributed by atoms with Gasteiger partial charge in [0, 0.05) is 51.0 Å². The van der Waals surface area contributed by atoms with Gasteiger partial charge in [-0.1, -0.05) is 6.07 Å². The lowest BCUT2D eigenvalue weighted by atomic mass is 10.1. The summed E-state index contributed by atoms with van der Waals surface area (Å²) < 4.78 is 43.9. The molecule has 50 heavy (non-hydrogen) atoms. The number of nitrogens with zero attached hydrogens (tertiary/aromatic N) is 9. The summed E-state index contributed by atoms with van der Waals surface area (Å²) in [5.74, 6) is 1.15. The maximum absolute atomic E-state index is 15.0. The van der Waals surface area contributed by atoms with Gasteiger partial charge >= 0.3 is 0 Å². The Balaban J connectivity index is 1.22. The molecule has 1 saturated heterocycles. The van der Waals surface area contributed by atoms with Crippen LogP contribution >= 0.6 is 0 Å². The third-order valence-electron chi connectivity index (χ3n) is 9.52. The van der Waals surface area contributed by atoms with Gasteiger partial charge in [-0.05, 0) is 43.7 Å². The quantitative estimate of drug-likeness (QED) is 0.287. The minimum Gasteiger partial charge on any atom is -0.494 e. The average molecular weight is 681 g/mol. The standard InChI is InChI=1S/C35H34F2N10O3/c1-19-41-27-11-21(37)10-24-26-6-5-7-31(43-26)42-22-13-29(35(48)44(2)16-23(49-3)17-45(19)32(24)27)46(15-22)33-25-14-40-47(34(25)39-18-38-33)28-9-8-20(36)12-30(28)50-4/h5-12,14,18,22-23,29H,13,15-17H2,1-4H3,(H,42,43)/t22-,23-,29-/m0/s1. The molecule has 256 valence electrons. The van der Waals surface area contributed by atoms with Crippen LogP contribution in [0.3, 0.4) is 0 Å². The number of fused-ring (bicyclic) bond motifs is 6. The molecule has 3 atom stereocenters. The van der Waals surface area contributed by atoms with Gasteiger partial charge in [-0.2, -0.15) is 5.10 Å². The van der Waals surface area contributed by atoms with Crippen LogP contribution in [0.1, 0.15) is 12.2 Å². The number of rotatable bonds is 4. The maximum atomic E-state index is 15.0. The second kappa shape index (κ2) is 12.3. The van der Waals surface area contributed by atoms with E-state index in [1.54, 1.807) is 36.0 Å². The van der Waals surface area contributed by atoms with Gasteiger partial charge in [0.2, 0.25) is 5.91 Å². The van der Waals surface area contributed by atoms with Crippen LogP contribution in [0.25, 0.3) is 39.0 Å². The van der Waals surface area contributed by atoms with Crippen molar-refractivity contribution in [2.24, 2.45) is 0 Å². The van der Waals surface area contributed by atoms with Gasteiger partial charge in [0.1, 0.15) is 52.9 Å². The van der Waals surface area contributed by atoms with Crippen molar-refractivity contribution in [1.29, 1.82) is 0 Å². The molecule has 1 amide bonds. The molecule has 2 aromatic carbocycles. The van der Waals surface area contributed by atoms with E-state index in [0.29, 0.717) is 82.8 Å². The van der Waals surface area contributed by atoms with E-state index in [9.17, 15) is 13.6 Å². The Labute approximate surface area is 285 Å². The summed E-state index contributed by atoms with van der Waals surface area (Å²) in [7, 11) is 4.85. The number of imidazole rings is 1. The third-order valence-corrected chi connectivity index (χ3v) is 9.52. The van der Waals surface area contributed by atoms with E-state index < -0.39 is 23.8 Å². The number of aryl methyl sites for hydroxylation is 1. The lowest BCUT2D eigenvalue weighted by Gasteiger charge is -2.30. The van der Waals surface area contributed by atoms with Gasteiger partial charge in [-0.3, -0.25) is 4.79 Å². The van der Waals surface area contributed by atoms with Gasteiger partial charge in [0.15, 0.2) is 5.65 Å². The summed E-state index contributed by atoms with van der Waals surface area (Å²) in [6.45, 7) is 2.96. The highest BCUT2D eigenvalue weighted by atomic mass is 19.1. The molecule has 13 nitrogen and oxygen atoms in total. The van der Waals surface area contributed by atoms with Gasteiger partial charge < -0.3 is 29.2 Å². The Hall–Kier alpha value is -5.70. The molecule has 6 heterocycles. The Morgan fingerprint density at radius 1 is 0.980 bits per heavy atom. The van der Waals surface area contributed by atoms with Crippen molar-refractivity contribution < 1.29 is 23.0 Å². The van der Waals surface area contributed by atoms with Crippen LogP contribution < -0.4 is 15.0 Å². The van der Waals surface area contributed by atoms with Crippen LogP contribution in [0.4, 0.5) is 20.4 Å². The molecule has 15 heteroatoms. The number of benzene rings is 2. The van der Waals surface area contributed by atoms with Crippen molar-refractivity contribution in [3.8, 4) is 22.7 Å². The number of pyridine rings is 1. The van der Waals surface area contributed by atoms with E-state index in [0.717, 1.165) is 5.52 Å². The zero-order valence-electron chi connectivity index (χ0n) is 27.8. The lowest BCUT2D eigenvalue weighted by Crippen LogP contribution is -2.47. The minimum absolute atomic E-state index is 0.109. The number of hydrogen-bond donors (Lipinski definition) is 1. The highest BCUT2D eigenvalue weighted by Crippen LogP contribution is 2.35. The summed E-state index contributed by atoms with van der Waals surface area (Å²) in [4.78, 5) is 36.8. The molecule has 0 radical (unpaired) electrons. The Bertz CT molecular complexity index is 2270. The molecule has 8 rings (SSSR count). The number of nitrogens with one attached hydrogen (secondary N) is 1. The second-order valence-corrected chi connectivity index (χ2v) is 12.6. The molecule has 1 N–H and O–H groups in total. The fraction of sp³-hybridized carbons (Fsp3) is 0.314. The molecule has 0 unspecified atom stereocenters. The zero-order valence-corrected chi connectivity index (χ0v) is 27.8. The lowest BCUT2D eigenvalue weighted by molar-refractivity contribution is -0.132. The third kappa shape index (κ3) is 5.33. The predicted octanol–water partition coefficient (Wildman–Crippen LogP) is 4.37. The van der Waals surface area contributed by atoms with Crippen molar-refractivity contribution in [2.75, 3.05) is 44.6 Å². The molecular weight excluding hydrogens is 646 g/mol. The number of halogens is 2. The first-order valence-electron chi connectivity index (χ1n) is 16.2. The SMILES string of the molecule is COc1cc(F)ccc1-n1ncc2c(N3C[C@@H]4C[C@H]3C(=O)N(C)C[C@H](OC)Cn3c(C)nc5cc(F)cc(c53)-c3cccc(n3)N4)ncnc21. The molecule has 1 fully saturated rings. The van der Waals surface area contributed by atoms with Crippen LogP contribution in [-0.2, 0) is 16.1 Å². The summed E-state index contributed by atoms with van der Waals surface area (Å²) in [6, 6.07) is 11.9. The first kappa shape index (κ1) is 31.6. The number of anilines is 2. The fourth-order valence-electron chi connectivity index (χ4n) is 7.18. The van der Waals surface area contributed by atoms with Crippen molar-refractivity contribution >= 4 is 39.6 Å². The van der Waals surface area contributed by atoms with E-state index >= 15 is 0 Å². The number of methoxy groups -OCH3 is 2. The van der Waals surface area contributed by atoms with E-state index in [-0.39, 0.29) is 11.9 Å². The molecule has 0 saturated carbocycles. The molecule has 6 aromatic rings. The molecule has 2 aliphatic rings. The van der Waals surface area contributed by atoms with Gasteiger partial charge in [0.25, 0.3) is 0 Å². The summed E-state index contributed by atoms with van der Waals surface area (Å²) in [5.41, 5.74) is 3.45. The number of carbonyl (C=O) groups excluding carboxylic acids is 1. The van der Waals surface area contributed by atoms with Crippen LogP contribution in [0, 0.1) is 18.6 Å². The first-order chi connectivity index (χ1) is 24.2. The summed E-state index contributed by atoms with van der Waals surface area (Å²) >= 11 is 0. The molecule has 0 aliphatic carbocycles. The van der Waals surface area contributed by atoms with Crippen LogP contribution in [0.2, 0.25) is 0 Å². The normalized spacial score (nSPS) is 19.5. The van der Waals surface area contributed by atoms with E-state index in [2.05, 4.69) is 25.4 Å². The Kier molecular flexibility index (Phi) is 7.78. The monoisotopic (exact) mass is 680 g/mol. The topological polar surface area (TPSA) is 128 Å². The largest absolute Gasteiger partial charge is 0.494 e. The van der Waals surface area contributed by atoms with E-state index in [1.165, 1.54) is 37.7 Å². The predicted molar refractivity (Wildman–Crippen MR) is 182 cm³/mol. The highest BCUT2D eigenvalue weighted by Gasteiger charge is 2.41. The maximum Gasteiger partial charge on any atom is 0.245 e. The van der Waals surface area contributed by atoms with Crippen molar-refractivity contribution in [3.63, 3.8) is 0 Å². The Morgan fingerprint density at radius 3 is 2.66 bits per heavy atom. The highest BCUT2D eigenvalue weighted by molar-refractivity contribution is 5.94. The second-order valence-electron chi connectivity index (χ2n) is 12.6. The molecule has 2 aliphatic heterocycles. The first-order valence-corrected chi connectivity index (χ1v) is 16.2. The number of likely N-dealkylation sites (N-methyl/N-ethyl adjacent to an activating group) is 1. The number of hydrogen-bond acceptors (Lipinski definition) is 10. The van der Waals surface area contributed by atoms with Crippen molar-refractivity contribution in [3.05, 3.63) is 78.5 Å². The summed E-state index contributed by atoms with van der Waals surface area (Å²) in [5, 5.41) is 8.71. The zero-order chi connectivity index (χ0) is 34.7. The molecular formula is C35H34F2N10O3. The van der Waals surface area contributed by atoms with Crippen molar-refractivity contribution in [2.45, 2.75) is 38.1 Å². The number of ether oxygens (including phenoxy) is 2. The van der Waals surface area contributed by atoms with Crippen LogP contribution in [0.5, 0.6) is 5.75 Å². The van der Waals surface area contributed by atoms with Crippen molar-refractivity contribution in [1.82, 2.24) is 39.2 Å². The van der Waals surface area contributed by atoms with Gasteiger partial charge in [-0.15, -0.1) is 0 Å². The molecule has 4 bridgehead atoms. The minimum atomic E-state index is -0.599. The fourth-order valence-corrected chi connectivity index (χ4v) is 7.18. The number of amides is 1. The van der Waals surface area contributed by atoms with Crippen LogP contribution in [-0.4, -0.2) is 97.6 Å². The average Bonchev–Trinajstić information content (AvgIpc) is 3.82. The smallest absolute Gasteiger partial charge is 0.245 e. The Morgan fingerprint density at radius 2 is 1.84 bits per heavy atom. The van der Waals surface area contributed by atoms with Crippen LogP contribution in [0.15, 0.2) is 61.1 Å². The number of carbonyl (C=O) groups is 1. The number of aromatic nitrogens is 7. The molecule has 4 aromatic heterocycles. The van der Waals surface area contributed by atoms with E-state index in [4.69, 9.17) is 14.5 Å². The van der Waals surface area contributed by atoms with Gasteiger partial charge in [-0.25, -0.2) is 33.4 Å². The molecule has 0 spiro atoms. The summed E-state index contributed by atoms with van der Waals surface area (Å²) in [6.07, 6.45) is 3.12.